The van der Waals surface area contributed by atoms with E-state index in [1.54, 1.807) is 7.11 Å². The number of rotatable bonds is 4. The highest BCUT2D eigenvalue weighted by molar-refractivity contribution is 5.80. The molecular formula is C15H19N5O. The molecule has 0 aliphatic rings. The molecule has 0 saturated carbocycles. The number of fused-ring (bicyclic) bond motifs is 1. The van der Waals surface area contributed by atoms with Gasteiger partial charge >= 0.3 is 0 Å². The summed E-state index contributed by atoms with van der Waals surface area (Å²) in [5.41, 5.74) is 9.73. The fraction of sp³-hybridized carbons (Fsp3) is 0.333. The van der Waals surface area contributed by atoms with Crippen LogP contribution in [-0.2, 0) is 13.1 Å². The van der Waals surface area contributed by atoms with Crippen LogP contribution in [0.3, 0.4) is 0 Å². The Morgan fingerprint density at radius 2 is 2.10 bits per heavy atom. The van der Waals surface area contributed by atoms with Crippen molar-refractivity contribution in [3.8, 4) is 5.88 Å². The molecule has 0 fully saturated rings. The van der Waals surface area contributed by atoms with Crippen molar-refractivity contribution in [2.75, 3.05) is 12.8 Å². The molecular weight excluding hydrogens is 266 g/mol. The number of methoxy groups -OCH3 is 1. The van der Waals surface area contributed by atoms with Crippen molar-refractivity contribution in [1.29, 1.82) is 0 Å². The minimum atomic E-state index is 0.631. The van der Waals surface area contributed by atoms with E-state index in [4.69, 9.17) is 10.5 Å². The lowest BCUT2D eigenvalue weighted by atomic mass is 10.3. The zero-order valence-electron chi connectivity index (χ0n) is 12.5. The number of hydrogen-bond donors (Lipinski definition) is 1. The molecule has 3 rings (SSSR count). The summed E-state index contributed by atoms with van der Waals surface area (Å²) in [4.78, 5) is 4.26. The number of nitrogens with zero attached hydrogens (tertiary/aromatic N) is 4. The summed E-state index contributed by atoms with van der Waals surface area (Å²) in [6.07, 6.45) is 3.89. The SMILES string of the molecule is COc1cc2ccn(CCn3nc(C)c(N)c3C)c2cn1. The number of nitrogens with two attached hydrogens (primary N) is 1. The third kappa shape index (κ3) is 2.33. The summed E-state index contributed by atoms with van der Waals surface area (Å²) in [6.45, 7) is 5.52. The van der Waals surface area contributed by atoms with Crippen molar-refractivity contribution in [2.45, 2.75) is 26.9 Å². The molecule has 6 nitrogen and oxygen atoms in total. The van der Waals surface area contributed by atoms with Gasteiger partial charge in [0.1, 0.15) is 0 Å². The molecule has 3 aromatic heterocycles. The van der Waals surface area contributed by atoms with Gasteiger partial charge in [-0.2, -0.15) is 5.10 Å². The molecule has 0 spiro atoms. The van der Waals surface area contributed by atoms with Gasteiger partial charge in [-0.25, -0.2) is 4.98 Å². The van der Waals surface area contributed by atoms with E-state index in [1.807, 2.05) is 30.8 Å². The highest BCUT2D eigenvalue weighted by Gasteiger charge is 2.09. The maximum atomic E-state index is 5.96. The zero-order valence-corrected chi connectivity index (χ0v) is 12.5. The third-order valence-corrected chi connectivity index (χ3v) is 3.83. The summed E-state index contributed by atoms with van der Waals surface area (Å²) in [5.74, 6) is 0.631. The van der Waals surface area contributed by atoms with E-state index in [0.29, 0.717) is 5.88 Å². The number of nitrogen functional groups attached to an aromatic ring is 1. The van der Waals surface area contributed by atoms with Gasteiger partial charge < -0.3 is 15.0 Å². The predicted octanol–water partition coefficient (Wildman–Crippen LogP) is 2.14. The van der Waals surface area contributed by atoms with Crippen molar-refractivity contribution in [1.82, 2.24) is 19.3 Å². The van der Waals surface area contributed by atoms with E-state index in [9.17, 15) is 0 Å². The van der Waals surface area contributed by atoms with Crippen LogP contribution >= 0.6 is 0 Å². The van der Waals surface area contributed by atoms with E-state index in [0.717, 1.165) is 41.1 Å². The van der Waals surface area contributed by atoms with Crippen LogP contribution in [0, 0.1) is 13.8 Å². The molecule has 0 aromatic carbocycles. The summed E-state index contributed by atoms with van der Waals surface area (Å²) in [5, 5.41) is 5.58. The molecule has 0 aliphatic carbocycles. The average molecular weight is 285 g/mol. The van der Waals surface area contributed by atoms with Crippen molar-refractivity contribution < 1.29 is 4.74 Å². The van der Waals surface area contributed by atoms with Gasteiger partial charge in [-0.05, 0) is 19.9 Å². The third-order valence-electron chi connectivity index (χ3n) is 3.83. The Bertz CT molecular complexity index is 787. The first kappa shape index (κ1) is 13.5. The second-order valence-corrected chi connectivity index (χ2v) is 5.10. The highest BCUT2D eigenvalue weighted by atomic mass is 16.5. The maximum Gasteiger partial charge on any atom is 0.213 e. The fourth-order valence-corrected chi connectivity index (χ4v) is 2.51. The average Bonchev–Trinajstić information content (AvgIpc) is 3.01. The molecule has 0 radical (unpaired) electrons. The number of anilines is 1. The van der Waals surface area contributed by atoms with Crippen LogP contribution in [0.2, 0.25) is 0 Å². The van der Waals surface area contributed by atoms with Gasteiger partial charge in [0.05, 0.1) is 42.4 Å². The number of aryl methyl sites for hydroxylation is 3. The van der Waals surface area contributed by atoms with Gasteiger partial charge in [0, 0.05) is 24.2 Å². The number of pyridine rings is 1. The first-order valence-electron chi connectivity index (χ1n) is 6.88. The molecule has 3 heterocycles. The molecule has 2 N–H and O–H groups in total. The van der Waals surface area contributed by atoms with Crippen LogP contribution in [0.25, 0.3) is 10.9 Å². The van der Waals surface area contributed by atoms with Gasteiger partial charge in [0.2, 0.25) is 5.88 Å². The number of ether oxygens (including phenoxy) is 1. The second kappa shape index (κ2) is 5.12. The van der Waals surface area contributed by atoms with Crippen LogP contribution in [0.4, 0.5) is 5.69 Å². The molecule has 0 aliphatic heterocycles. The lowest BCUT2D eigenvalue weighted by Gasteiger charge is -2.08. The Morgan fingerprint density at radius 3 is 2.76 bits per heavy atom. The van der Waals surface area contributed by atoms with E-state index >= 15 is 0 Å². The van der Waals surface area contributed by atoms with E-state index in [1.165, 1.54) is 0 Å². The molecule has 110 valence electrons. The highest BCUT2D eigenvalue weighted by Crippen LogP contribution is 2.20. The Labute approximate surface area is 123 Å². The molecule has 21 heavy (non-hydrogen) atoms. The maximum absolute atomic E-state index is 5.96. The number of hydrogen-bond acceptors (Lipinski definition) is 4. The normalized spacial score (nSPS) is 11.2. The number of aromatic nitrogens is 4. The van der Waals surface area contributed by atoms with Gasteiger partial charge in [-0.1, -0.05) is 0 Å². The summed E-state index contributed by atoms with van der Waals surface area (Å²) < 4.78 is 9.26. The standard InChI is InChI=1S/C15H19N5O/c1-10-15(16)11(2)20(18-10)7-6-19-5-4-12-8-14(21-3)17-9-13(12)19/h4-5,8-9H,6-7,16H2,1-3H3. The molecule has 6 heteroatoms. The monoisotopic (exact) mass is 285 g/mol. The van der Waals surface area contributed by atoms with E-state index in [2.05, 4.69) is 26.9 Å². The first-order chi connectivity index (χ1) is 10.1. The Morgan fingerprint density at radius 1 is 1.29 bits per heavy atom. The van der Waals surface area contributed by atoms with Crippen molar-refractivity contribution >= 4 is 16.6 Å². The zero-order chi connectivity index (χ0) is 15.0. The summed E-state index contributed by atoms with van der Waals surface area (Å²) >= 11 is 0. The molecule has 3 aromatic rings. The van der Waals surface area contributed by atoms with Crippen molar-refractivity contribution in [3.05, 3.63) is 35.9 Å². The lowest BCUT2D eigenvalue weighted by Crippen LogP contribution is -2.09. The van der Waals surface area contributed by atoms with Crippen molar-refractivity contribution in [2.24, 2.45) is 0 Å². The molecule has 0 saturated heterocycles. The van der Waals surface area contributed by atoms with Crippen LogP contribution < -0.4 is 10.5 Å². The Kier molecular flexibility index (Phi) is 3.29. The molecule has 0 atom stereocenters. The van der Waals surface area contributed by atoms with Gasteiger partial charge in [0.15, 0.2) is 0 Å². The largest absolute Gasteiger partial charge is 0.481 e. The van der Waals surface area contributed by atoms with Gasteiger partial charge in [-0.3, -0.25) is 4.68 Å². The van der Waals surface area contributed by atoms with Gasteiger partial charge in [0.25, 0.3) is 0 Å². The van der Waals surface area contributed by atoms with Gasteiger partial charge in [-0.15, -0.1) is 0 Å². The lowest BCUT2D eigenvalue weighted by molar-refractivity contribution is 0.398. The van der Waals surface area contributed by atoms with Crippen LogP contribution in [0.15, 0.2) is 24.5 Å². The van der Waals surface area contributed by atoms with E-state index < -0.39 is 0 Å². The minimum Gasteiger partial charge on any atom is -0.481 e. The van der Waals surface area contributed by atoms with Crippen molar-refractivity contribution in [3.63, 3.8) is 0 Å². The van der Waals surface area contributed by atoms with Crippen LogP contribution in [0.1, 0.15) is 11.4 Å². The summed E-state index contributed by atoms with van der Waals surface area (Å²) in [7, 11) is 1.62. The molecule has 0 bridgehead atoms. The molecule has 0 unspecified atom stereocenters. The predicted molar refractivity (Wildman–Crippen MR) is 82.4 cm³/mol. The Hall–Kier alpha value is -2.50. The molecule has 0 amide bonds. The van der Waals surface area contributed by atoms with Crippen LogP contribution in [-0.4, -0.2) is 26.4 Å². The quantitative estimate of drug-likeness (QED) is 0.797. The van der Waals surface area contributed by atoms with Crippen LogP contribution in [0.5, 0.6) is 5.88 Å². The fourth-order valence-electron chi connectivity index (χ4n) is 2.51. The Balaban J connectivity index is 1.83. The summed E-state index contributed by atoms with van der Waals surface area (Å²) in [6, 6.07) is 4.00. The smallest absolute Gasteiger partial charge is 0.213 e. The minimum absolute atomic E-state index is 0.631. The second-order valence-electron chi connectivity index (χ2n) is 5.10. The van der Waals surface area contributed by atoms with E-state index in [-0.39, 0.29) is 0 Å². The topological polar surface area (TPSA) is 70.9 Å². The first-order valence-corrected chi connectivity index (χ1v) is 6.88.